The smallest absolute Gasteiger partial charge is 0.143 e. The molecule has 1 aromatic rings. The Morgan fingerprint density at radius 3 is 2.75 bits per heavy atom. The van der Waals surface area contributed by atoms with Gasteiger partial charge in [-0.3, -0.25) is 9.99 Å². The van der Waals surface area contributed by atoms with Crippen LogP contribution in [0, 0.1) is 0 Å². The molecular weight excluding hydrogens is 265 g/mol. The second-order valence-electron chi connectivity index (χ2n) is 3.60. The maximum absolute atomic E-state index is 4.34. The molecule has 3 nitrogen and oxygen atoms in total. The van der Waals surface area contributed by atoms with Gasteiger partial charge in [0.25, 0.3) is 0 Å². The highest BCUT2D eigenvalue weighted by Crippen LogP contribution is 2.26. The summed E-state index contributed by atoms with van der Waals surface area (Å²) in [7, 11) is 2.00. The lowest BCUT2D eigenvalue weighted by molar-refractivity contribution is 0.367. The topological polar surface area (TPSA) is 28.5 Å². The summed E-state index contributed by atoms with van der Waals surface area (Å²) in [5, 5.41) is 6.21. The van der Waals surface area contributed by atoms with Crippen LogP contribution < -0.4 is 0 Å². The second kappa shape index (κ2) is 4.66. The van der Waals surface area contributed by atoms with Gasteiger partial charge in [0, 0.05) is 23.1 Å². The first-order valence-electron chi connectivity index (χ1n) is 4.94. The van der Waals surface area contributed by atoms with Crippen LogP contribution in [0.1, 0.15) is 5.56 Å². The Kier molecular flexibility index (Phi) is 3.24. The number of halogens is 1. The van der Waals surface area contributed by atoms with Gasteiger partial charge in [0.2, 0.25) is 0 Å². The highest BCUT2D eigenvalue weighted by molar-refractivity contribution is 9.12. The molecule has 0 spiro atoms. The average molecular weight is 276 g/mol. The predicted octanol–water partition coefficient (Wildman–Crippen LogP) is 1.64. The van der Waals surface area contributed by atoms with E-state index >= 15 is 0 Å². The third-order valence-corrected chi connectivity index (χ3v) is 3.47. The first kappa shape index (κ1) is 11.1. The Morgan fingerprint density at radius 2 is 2.06 bits per heavy atom. The van der Waals surface area contributed by atoms with E-state index in [4.69, 9.17) is 0 Å². The Labute approximate surface area is 104 Å². The van der Waals surface area contributed by atoms with Crippen molar-refractivity contribution in [3.8, 4) is 0 Å². The minimum absolute atomic E-state index is 0.709. The summed E-state index contributed by atoms with van der Waals surface area (Å²) in [4.78, 5) is 3.99. The van der Waals surface area contributed by atoms with Gasteiger partial charge in [-0.25, -0.2) is 0 Å². The Bertz CT molecular complexity index is 467. The zero-order valence-electron chi connectivity index (χ0n) is 9.02. The van der Waals surface area contributed by atoms with Crippen molar-refractivity contribution in [2.75, 3.05) is 0 Å². The number of rotatable bonds is 2. The lowest BCUT2D eigenvalue weighted by atomic mass is 9.95. The minimum atomic E-state index is 0.709. The second-order valence-corrected chi connectivity index (χ2v) is 4.39. The maximum Gasteiger partial charge on any atom is 0.143 e. The van der Waals surface area contributed by atoms with Gasteiger partial charge in [-0.2, -0.15) is 5.10 Å². The number of nitrogens with zero attached hydrogens (tertiary/aromatic N) is 3. The fraction of sp³-hybridized carbons (Fsp3) is 0.0909. The fourth-order valence-electron chi connectivity index (χ4n) is 1.42. The summed E-state index contributed by atoms with van der Waals surface area (Å²) in [6.07, 6.45) is 5.39. The van der Waals surface area contributed by atoms with Crippen LogP contribution in [0.3, 0.4) is 0 Å². The molecule has 1 aliphatic rings. The van der Waals surface area contributed by atoms with Crippen molar-refractivity contribution >= 4 is 30.0 Å². The molecule has 0 saturated heterocycles. The van der Waals surface area contributed by atoms with Crippen molar-refractivity contribution in [2.24, 2.45) is 5.10 Å². The molecule has 1 aromatic heterocycles. The SMILES string of the molecule is BC1=C(Br)C(=C)N(Cc2ccncc2)N=C1. The quantitative estimate of drug-likeness (QED) is 0.768. The molecule has 5 heteroatoms. The van der Waals surface area contributed by atoms with Crippen LogP contribution in [0.4, 0.5) is 0 Å². The van der Waals surface area contributed by atoms with E-state index in [9.17, 15) is 0 Å². The summed E-state index contributed by atoms with van der Waals surface area (Å²) in [5.74, 6) is 0. The third kappa shape index (κ3) is 2.24. The Hall–Kier alpha value is -1.36. The van der Waals surface area contributed by atoms with Crippen LogP contribution in [0.2, 0.25) is 0 Å². The largest absolute Gasteiger partial charge is 0.265 e. The monoisotopic (exact) mass is 275 g/mol. The molecule has 0 bridgehead atoms. The van der Waals surface area contributed by atoms with Gasteiger partial charge in [0.15, 0.2) is 0 Å². The molecule has 0 atom stereocenters. The summed E-state index contributed by atoms with van der Waals surface area (Å²) < 4.78 is 1.01. The average Bonchev–Trinajstić information content (AvgIpc) is 2.31. The van der Waals surface area contributed by atoms with Gasteiger partial charge in [-0.1, -0.05) is 12.1 Å². The summed E-state index contributed by atoms with van der Waals surface area (Å²) in [6, 6.07) is 3.95. The predicted molar refractivity (Wildman–Crippen MR) is 71.9 cm³/mol. The number of hydrogen-bond donors (Lipinski definition) is 0. The van der Waals surface area contributed by atoms with E-state index in [1.165, 1.54) is 0 Å². The van der Waals surface area contributed by atoms with Crippen molar-refractivity contribution in [1.29, 1.82) is 0 Å². The molecule has 0 radical (unpaired) electrons. The van der Waals surface area contributed by atoms with Crippen LogP contribution in [-0.2, 0) is 6.54 Å². The Morgan fingerprint density at radius 1 is 1.38 bits per heavy atom. The van der Waals surface area contributed by atoms with Crippen molar-refractivity contribution in [3.63, 3.8) is 0 Å². The standard InChI is InChI=1S/C11H11BBrN3/c1-8-11(13)10(12)6-15-16(8)7-9-2-4-14-5-3-9/h2-6H,1,7,12H2. The highest BCUT2D eigenvalue weighted by Gasteiger charge is 2.15. The number of allylic oxidation sites excluding steroid dienone is 2. The summed E-state index contributed by atoms with van der Waals surface area (Å²) in [6.45, 7) is 4.72. The van der Waals surface area contributed by atoms with E-state index in [2.05, 4.69) is 32.6 Å². The summed E-state index contributed by atoms with van der Waals surface area (Å²) >= 11 is 3.51. The molecule has 0 fully saturated rings. The van der Waals surface area contributed by atoms with Crippen molar-refractivity contribution in [3.05, 3.63) is 52.3 Å². The fourth-order valence-corrected chi connectivity index (χ4v) is 1.73. The van der Waals surface area contributed by atoms with Crippen molar-refractivity contribution in [2.45, 2.75) is 6.54 Å². The first-order valence-corrected chi connectivity index (χ1v) is 5.74. The third-order valence-electron chi connectivity index (χ3n) is 2.38. The molecule has 0 saturated carbocycles. The van der Waals surface area contributed by atoms with Crippen LogP contribution in [-0.4, -0.2) is 24.1 Å². The van der Waals surface area contributed by atoms with E-state index in [0.717, 1.165) is 21.2 Å². The molecule has 1 aliphatic heterocycles. The van der Waals surface area contributed by atoms with Gasteiger partial charge in [-0.05, 0) is 33.6 Å². The van der Waals surface area contributed by atoms with E-state index in [-0.39, 0.29) is 0 Å². The van der Waals surface area contributed by atoms with Gasteiger partial charge in [-0.15, -0.1) is 0 Å². The van der Waals surface area contributed by atoms with E-state index in [1.54, 1.807) is 12.4 Å². The van der Waals surface area contributed by atoms with Crippen molar-refractivity contribution < 1.29 is 0 Å². The molecule has 80 valence electrons. The van der Waals surface area contributed by atoms with E-state index < -0.39 is 0 Å². The molecule has 2 heterocycles. The number of hydrogen-bond acceptors (Lipinski definition) is 3. The summed E-state index contributed by atoms with van der Waals surface area (Å²) in [5.41, 5.74) is 3.14. The first-order chi connectivity index (χ1) is 7.68. The molecule has 0 amide bonds. The van der Waals surface area contributed by atoms with Gasteiger partial charge >= 0.3 is 0 Å². The molecular formula is C11H11BBrN3. The molecule has 0 unspecified atom stereocenters. The number of aromatic nitrogens is 1. The van der Waals surface area contributed by atoms with Gasteiger partial charge < -0.3 is 0 Å². The maximum atomic E-state index is 4.34. The van der Waals surface area contributed by atoms with Crippen LogP contribution in [0.25, 0.3) is 0 Å². The van der Waals surface area contributed by atoms with Crippen molar-refractivity contribution in [1.82, 2.24) is 9.99 Å². The number of pyridine rings is 1. The molecule has 2 rings (SSSR count). The van der Waals surface area contributed by atoms with E-state index in [1.807, 2.05) is 31.2 Å². The molecule has 0 N–H and O–H groups in total. The lowest BCUT2D eigenvalue weighted by Gasteiger charge is -2.25. The van der Waals surface area contributed by atoms with Gasteiger partial charge in [0.05, 0.1) is 12.2 Å². The van der Waals surface area contributed by atoms with Crippen LogP contribution in [0.15, 0.2) is 51.9 Å². The number of hydrazone groups is 1. The van der Waals surface area contributed by atoms with Crippen LogP contribution in [0.5, 0.6) is 0 Å². The van der Waals surface area contributed by atoms with Crippen LogP contribution >= 0.6 is 15.9 Å². The zero-order valence-corrected chi connectivity index (χ0v) is 10.6. The van der Waals surface area contributed by atoms with Gasteiger partial charge in [0.1, 0.15) is 7.85 Å². The normalized spacial score (nSPS) is 15.8. The Balaban J connectivity index is 2.15. The highest BCUT2D eigenvalue weighted by atomic mass is 79.9. The minimum Gasteiger partial charge on any atom is -0.265 e. The molecule has 0 aromatic carbocycles. The lowest BCUT2D eigenvalue weighted by Crippen LogP contribution is -2.20. The zero-order chi connectivity index (χ0) is 11.5. The molecule has 0 aliphatic carbocycles. The molecule has 16 heavy (non-hydrogen) atoms. The van der Waals surface area contributed by atoms with E-state index in [0.29, 0.717) is 6.54 Å².